The van der Waals surface area contributed by atoms with Gasteiger partial charge in [-0.25, -0.2) is 4.79 Å². The molecular weight excluding hydrogens is 248 g/mol. The molecule has 1 atom stereocenters. The summed E-state index contributed by atoms with van der Waals surface area (Å²) in [5.74, 6) is 1.17. The molecule has 2 rings (SSSR count). The number of nitrogens with one attached hydrogen (secondary N) is 2. The molecule has 1 aliphatic carbocycles. The van der Waals surface area contributed by atoms with Crippen LogP contribution in [0.1, 0.15) is 24.7 Å². The Bertz CT molecular complexity index is 376. The molecule has 0 aromatic carbocycles. The zero-order valence-corrected chi connectivity index (χ0v) is 10.8. The fraction of sp³-hybridized carbons (Fsp3) is 0.615. The number of hydrogen-bond acceptors (Lipinski definition) is 4. The van der Waals surface area contributed by atoms with E-state index in [1.807, 2.05) is 0 Å². The molecule has 1 aromatic heterocycles. The molecule has 3 N–H and O–H groups in total. The Kier molecular flexibility index (Phi) is 5.23. The minimum absolute atomic E-state index is 0.113. The highest BCUT2D eigenvalue weighted by molar-refractivity contribution is 5.73. The number of ether oxygens (including phenoxy) is 1. The van der Waals surface area contributed by atoms with E-state index >= 15 is 0 Å². The highest BCUT2D eigenvalue weighted by Crippen LogP contribution is 2.28. The first-order valence-electron chi connectivity index (χ1n) is 6.56. The van der Waals surface area contributed by atoms with Gasteiger partial charge in [0.25, 0.3) is 0 Å². The van der Waals surface area contributed by atoms with E-state index in [2.05, 4.69) is 10.6 Å². The van der Waals surface area contributed by atoms with Gasteiger partial charge in [-0.3, -0.25) is 0 Å². The van der Waals surface area contributed by atoms with Gasteiger partial charge in [0.15, 0.2) is 0 Å². The van der Waals surface area contributed by atoms with Crippen LogP contribution in [0, 0.1) is 5.92 Å². The fourth-order valence-corrected chi connectivity index (χ4v) is 1.60. The topological polar surface area (TPSA) is 83.7 Å². The molecular formula is C13H20N2O4. The quantitative estimate of drug-likeness (QED) is 0.615. The van der Waals surface area contributed by atoms with Crippen molar-refractivity contribution in [3.63, 3.8) is 0 Å². The van der Waals surface area contributed by atoms with Crippen LogP contribution in [0.5, 0.6) is 0 Å². The smallest absolute Gasteiger partial charge is 0.314 e. The Morgan fingerprint density at radius 2 is 2.37 bits per heavy atom. The van der Waals surface area contributed by atoms with Crippen molar-refractivity contribution in [3.8, 4) is 0 Å². The highest BCUT2D eigenvalue weighted by atomic mass is 16.5. The molecule has 1 saturated carbocycles. The van der Waals surface area contributed by atoms with Crippen LogP contribution in [-0.4, -0.2) is 37.4 Å². The standard InChI is InChI=1S/C13H20N2O4/c16-11(12-2-1-6-19-12)8-15-13(17)14-5-7-18-9-10-3-4-10/h1-2,6,10-11,16H,3-5,7-9H2,(H2,14,15,17). The number of aliphatic hydroxyl groups is 1. The molecule has 6 nitrogen and oxygen atoms in total. The SMILES string of the molecule is O=C(NCCOCC1CC1)NCC(O)c1ccco1. The summed E-state index contributed by atoms with van der Waals surface area (Å²) in [4.78, 5) is 11.4. The van der Waals surface area contributed by atoms with E-state index in [0.29, 0.717) is 18.9 Å². The maximum Gasteiger partial charge on any atom is 0.314 e. The molecule has 0 aliphatic heterocycles. The van der Waals surface area contributed by atoms with Crippen molar-refractivity contribution in [3.05, 3.63) is 24.2 Å². The number of rotatable bonds is 8. The predicted molar refractivity (Wildman–Crippen MR) is 68.6 cm³/mol. The maximum atomic E-state index is 11.4. The summed E-state index contributed by atoms with van der Waals surface area (Å²) >= 11 is 0. The van der Waals surface area contributed by atoms with E-state index in [9.17, 15) is 9.90 Å². The summed E-state index contributed by atoms with van der Waals surface area (Å²) in [5.41, 5.74) is 0. The highest BCUT2D eigenvalue weighted by Gasteiger charge is 2.20. The average molecular weight is 268 g/mol. The number of amides is 2. The molecule has 1 aromatic rings. The number of aliphatic hydroxyl groups excluding tert-OH is 1. The van der Waals surface area contributed by atoms with Crippen molar-refractivity contribution >= 4 is 6.03 Å². The Hall–Kier alpha value is -1.53. The summed E-state index contributed by atoms with van der Waals surface area (Å²) in [6.45, 7) is 1.89. The fourth-order valence-electron chi connectivity index (χ4n) is 1.60. The summed E-state index contributed by atoms with van der Waals surface area (Å²) in [7, 11) is 0. The molecule has 0 bridgehead atoms. The second-order valence-electron chi connectivity index (χ2n) is 4.69. The number of urea groups is 1. The lowest BCUT2D eigenvalue weighted by molar-refractivity contribution is 0.126. The third-order valence-electron chi connectivity index (χ3n) is 2.91. The summed E-state index contributed by atoms with van der Waals surface area (Å²) < 4.78 is 10.4. The minimum atomic E-state index is -0.827. The van der Waals surface area contributed by atoms with Crippen LogP contribution in [0.15, 0.2) is 22.8 Å². The first-order valence-corrected chi connectivity index (χ1v) is 6.56. The van der Waals surface area contributed by atoms with Crippen LogP contribution in [0.4, 0.5) is 4.79 Å². The van der Waals surface area contributed by atoms with E-state index in [1.54, 1.807) is 12.1 Å². The Morgan fingerprint density at radius 3 is 3.05 bits per heavy atom. The number of hydrogen-bond donors (Lipinski definition) is 3. The van der Waals surface area contributed by atoms with Gasteiger partial charge in [0.1, 0.15) is 11.9 Å². The lowest BCUT2D eigenvalue weighted by Crippen LogP contribution is -2.39. The van der Waals surface area contributed by atoms with Gasteiger partial charge < -0.3 is 24.9 Å². The van der Waals surface area contributed by atoms with Gasteiger partial charge in [-0.2, -0.15) is 0 Å². The van der Waals surface area contributed by atoms with Crippen molar-refractivity contribution in [2.75, 3.05) is 26.3 Å². The van der Waals surface area contributed by atoms with Gasteiger partial charge in [0.2, 0.25) is 0 Å². The van der Waals surface area contributed by atoms with Gasteiger partial charge in [0, 0.05) is 13.2 Å². The first kappa shape index (κ1) is 13.9. The molecule has 106 valence electrons. The maximum absolute atomic E-state index is 11.4. The lowest BCUT2D eigenvalue weighted by Gasteiger charge is -2.10. The number of carbonyl (C=O) groups is 1. The van der Waals surface area contributed by atoms with Crippen molar-refractivity contribution in [1.82, 2.24) is 10.6 Å². The van der Waals surface area contributed by atoms with Gasteiger partial charge in [-0.1, -0.05) is 0 Å². The molecule has 1 unspecified atom stereocenters. The van der Waals surface area contributed by atoms with E-state index < -0.39 is 6.10 Å². The summed E-state index contributed by atoms with van der Waals surface area (Å²) in [6, 6.07) is 3.03. The van der Waals surface area contributed by atoms with Crippen LogP contribution in [0.2, 0.25) is 0 Å². The molecule has 1 fully saturated rings. The second kappa shape index (κ2) is 7.16. The Balaban J connectivity index is 1.49. The number of carbonyl (C=O) groups excluding carboxylic acids is 1. The largest absolute Gasteiger partial charge is 0.467 e. The lowest BCUT2D eigenvalue weighted by atomic mass is 10.3. The third kappa shape index (κ3) is 5.32. The predicted octanol–water partition coefficient (Wildman–Crippen LogP) is 1.04. The van der Waals surface area contributed by atoms with Gasteiger partial charge >= 0.3 is 6.03 Å². The van der Waals surface area contributed by atoms with Crippen molar-refractivity contribution < 1.29 is 19.1 Å². The van der Waals surface area contributed by atoms with Crippen molar-refractivity contribution in [2.24, 2.45) is 5.92 Å². The van der Waals surface area contributed by atoms with Gasteiger partial charge in [-0.05, 0) is 30.9 Å². The molecule has 1 heterocycles. The van der Waals surface area contributed by atoms with Crippen LogP contribution < -0.4 is 10.6 Å². The molecule has 1 aliphatic rings. The minimum Gasteiger partial charge on any atom is -0.467 e. The van der Waals surface area contributed by atoms with Crippen LogP contribution in [-0.2, 0) is 4.74 Å². The van der Waals surface area contributed by atoms with E-state index in [0.717, 1.165) is 12.5 Å². The average Bonchev–Trinajstić information content (AvgIpc) is 3.06. The van der Waals surface area contributed by atoms with Crippen molar-refractivity contribution in [1.29, 1.82) is 0 Å². The molecule has 0 spiro atoms. The first-order chi connectivity index (χ1) is 9.25. The van der Waals surface area contributed by atoms with Gasteiger partial charge in [-0.15, -0.1) is 0 Å². The molecule has 19 heavy (non-hydrogen) atoms. The molecule has 2 amide bonds. The van der Waals surface area contributed by atoms with Crippen LogP contribution in [0.3, 0.4) is 0 Å². The summed E-state index contributed by atoms with van der Waals surface area (Å²) in [6.07, 6.45) is 3.18. The van der Waals surface area contributed by atoms with E-state index in [1.165, 1.54) is 19.1 Å². The van der Waals surface area contributed by atoms with Gasteiger partial charge in [0.05, 0.1) is 19.4 Å². The molecule has 0 saturated heterocycles. The summed E-state index contributed by atoms with van der Waals surface area (Å²) in [5, 5.41) is 14.9. The monoisotopic (exact) mass is 268 g/mol. The Morgan fingerprint density at radius 1 is 1.53 bits per heavy atom. The van der Waals surface area contributed by atoms with Crippen molar-refractivity contribution in [2.45, 2.75) is 18.9 Å². The third-order valence-corrected chi connectivity index (χ3v) is 2.91. The number of furan rings is 1. The second-order valence-corrected chi connectivity index (χ2v) is 4.69. The molecule has 6 heteroatoms. The zero-order chi connectivity index (χ0) is 13.5. The molecule has 0 radical (unpaired) electrons. The zero-order valence-electron chi connectivity index (χ0n) is 10.8. The van der Waals surface area contributed by atoms with Crippen LogP contribution in [0.25, 0.3) is 0 Å². The van der Waals surface area contributed by atoms with E-state index in [4.69, 9.17) is 9.15 Å². The Labute approximate surface area is 112 Å². The normalized spacial score (nSPS) is 16.1. The van der Waals surface area contributed by atoms with Crippen LogP contribution >= 0.6 is 0 Å². The van der Waals surface area contributed by atoms with E-state index in [-0.39, 0.29) is 12.6 Å².